The van der Waals surface area contributed by atoms with E-state index in [1.807, 2.05) is 7.11 Å². The van der Waals surface area contributed by atoms with Crippen LogP contribution in [0.5, 0.6) is 0 Å². The van der Waals surface area contributed by atoms with Crippen molar-refractivity contribution in [2.24, 2.45) is 46.3 Å². The fraction of sp³-hybridized carbons (Fsp3) is 0.960. The van der Waals surface area contributed by atoms with E-state index in [2.05, 4.69) is 20.8 Å². The SMILES string of the molecule is CO[C@@H]1CC[C@@]2(C)C(CCC3C4CCC([C@H](C)CCC(=O)O)C4(C)CCC32)C1. The van der Waals surface area contributed by atoms with Gasteiger partial charge in [0.1, 0.15) is 0 Å². The van der Waals surface area contributed by atoms with Crippen LogP contribution >= 0.6 is 0 Å². The Balaban J connectivity index is 1.50. The van der Waals surface area contributed by atoms with Gasteiger partial charge in [-0.2, -0.15) is 0 Å². The maximum atomic E-state index is 11.1. The van der Waals surface area contributed by atoms with Gasteiger partial charge in [-0.3, -0.25) is 4.79 Å². The molecule has 0 bridgehead atoms. The van der Waals surface area contributed by atoms with E-state index in [1.54, 1.807) is 0 Å². The number of carboxylic acids is 1. The first kappa shape index (κ1) is 20.7. The molecular formula is C25H42O3. The van der Waals surface area contributed by atoms with E-state index in [4.69, 9.17) is 9.84 Å². The second-order valence-electron chi connectivity index (χ2n) is 11.4. The molecule has 6 unspecified atom stereocenters. The number of methoxy groups -OCH3 is 1. The quantitative estimate of drug-likeness (QED) is 0.611. The molecule has 28 heavy (non-hydrogen) atoms. The highest BCUT2D eigenvalue weighted by molar-refractivity contribution is 5.66. The predicted molar refractivity (Wildman–Crippen MR) is 112 cm³/mol. The summed E-state index contributed by atoms with van der Waals surface area (Å²) in [6, 6.07) is 0. The van der Waals surface area contributed by atoms with Crippen LogP contribution < -0.4 is 0 Å². The number of ether oxygens (including phenoxy) is 1. The lowest BCUT2D eigenvalue weighted by Crippen LogP contribution is -2.54. The molecule has 0 amide bonds. The molecule has 0 aliphatic heterocycles. The van der Waals surface area contributed by atoms with Gasteiger partial charge in [0.25, 0.3) is 0 Å². The van der Waals surface area contributed by atoms with Crippen molar-refractivity contribution in [3.05, 3.63) is 0 Å². The highest BCUT2D eigenvalue weighted by atomic mass is 16.5. The third-order valence-electron chi connectivity index (χ3n) is 10.5. The largest absolute Gasteiger partial charge is 0.481 e. The Kier molecular flexibility index (Phi) is 5.61. The Morgan fingerprint density at radius 2 is 1.75 bits per heavy atom. The summed E-state index contributed by atoms with van der Waals surface area (Å²) in [7, 11) is 1.90. The Morgan fingerprint density at radius 1 is 1.04 bits per heavy atom. The molecule has 0 aromatic heterocycles. The Morgan fingerprint density at radius 3 is 2.46 bits per heavy atom. The van der Waals surface area contributed by atoms with Crippen molar-refractivity contribution >= 4 is 5.97 Å². The molecule has 160 valence electrons. The van der Waals surface area contributed by atoms with Gasteiger partial charge in [0.05, 0.1) is 6.10 Å². The lowest BCUT2D eigenvalue weighted by atomic mass is 9.44. The van der Waals surface area contributed by atoms with Crippen molar-refractivity contribution in [1.29, 1.82) is 0 Å². The van der Waals surface area contributed by atoms with Crippen molar-refractivity contribution in [3.63, 3.8) is 0 Å². The van der Waals surface area contributed by atoms with E-state index in [0.717, 1.165) is 36.0 Å². The number of hydrogen-bond acceptors (Lipinski definition) is 2. The van der Waals surface area contributed by atoms with Crippen LogP contribution in [-0.2, 0) is 9.53 Å². The number of fused-ring (bicyclic) bond motifs is 5. The van der Waals surface area contributed by atoms with Gasteiger partial charge in [0.2, 0.25) is 0 Å². The summed E-state index contributed by atoms with van der Waals surface area (Å²) in [5.74, 6) is 4.21. The first-order valence-electron chi connectivity index (χ1n) is 12.0. The van der Waals surface area contributed by atoms with Crippen molar-refractivity contribution in [2.75, 3.05) is 7.11 Å². The van der Waals surface area contributed by atoms with E-state index in [-0.39, 0.29) is 0 Å². The lowest BCUT2D eigenvalue weighted by Gasteiger charge is -2.61. The summed E-state index contributed by atoms with van der Waals surface area (Å²) >= 11 is 0. The zero-order valence-corrected chi connectivity index (χ0v) is 18.6. The molecule has 4 fully saturated rings. The summed E-state index contributed by atoms with van der Waals surface area (Å²) in [6.07, 6.45) is 13.9. The minimum atomic E-state index is -0.631. The molecule has 4 aliphatic rings. The van der Waals surface area contributed by atoms with Gasteiger partial charge in [-0.1, -0.05) is 20.8 Å². The summed E-state index contributed by atoms with van der Waals surface area (Å²) in [4.78, 5) is 11.1. The van der Waals surface area contributed by atoms with Gasteiger partial charge in [0.15, 0.2) is 0 Å². The smallest absolute Gasteiger partial charge is 0.303 e. The summed E-state index contributed by atoms with van der Waals surface area (Å²) in [5.41, 5.74) is 0.984. The van der Waals surface area contributed by atoms with Gasteiger partial charge in [0, 0.05) is 13.5 Å². The van der Waals surface area contributed by atoms with Crippen molar-refractivity contribution in [2.45, 2.75) is 97.5 Å². The molecule has 4 aliphatic carbocycles. The molecule has 3 nitrogen and oxygen atoms in total. The van der Waals surface area contributed by atoms with Crippen LogP contribution in [-0.4, -0.2) is 24.3 Å². The van der Waals surface area contributed by atoms with Crippen molar-refractivity contribution in [3.8, 4) is 0 Å². The molecule has 3 heteroatoms. The maximum Gasteiger partial charge on any atom is 0.303 e. The Bertz CT molecular complexity index is 588. The first-order valence-corrected chi connectivity index (χ1v) is 12.0. The number of rotatable bonds is 5. The van der Waals surface area contributed by atoms with Crippen LogP contribution in [0.1, 0.15) is 91.4 Å². The Labute approximate surface area is 172 Å². The highest BCUT2D eigenvalue weighted by Gasteiger charge is 2.60. The normalized spacial score (nSPS) is 49.0. The average molecular weight is 391 g/mol. The summed E-state index contributed by atoms with van der Waals surface area (Å²) in [6.45, 7) is 7.54. The summed E-state index contributed by atoms with van der Waals surface area (Å²) in [5, 5.41) is 9.12. The van der Waals surface area contributed by atoms with Gasteiger partial charge in [-0.25, -0.2) is 0 Å². The second-order valence-corrected chi connectivity index (χ2v) is 11.4. The number of aliphatic carboxylic acids is 1. The minimum absolute atomic E-state index is 0.338. The predicted octanol–water partition coefficient (Wildman–Crippen LogP) is 6.16. The van der Waals surface area contributed by atoms with Crippen molar-refractivity contribution in [1.82, 2.24) is 0 Å². The summed E-state index contributed by atoms with van der Waals surface area (Å²) < 4.78 is 5.74. The van der Waals surface area contributed by atoms with Crippen LogP contribution in [0.2, 0.25) is 0 Å². The molecule has 0 saturated heterocycles. The number of carboxylic acid groups (broad SMARTS) is 1. The second kappa shape index (κ2) is 7.60. The molecule has 1 N–H and O–H groups in total. The molecule has 0 radical (unpaired) electrons. The third kappa shape index (κ3) is 3.24. The van der Waals surface area contributed by atoms with E-state index in [0.29, 0.717) is 29.3 Å². The average Bonchev–Trinajstić information content (AvgIpc) is 3.02. The van der Waals surface area contributed by atoms with Gasteiger partial charge >= 0.3 is 5.97 Å². The molecule has 0 aromatic carbocycles. The van der Waals surface area contributed by atoms with Crippen molar-refractivity contribution < 1.29 is 14.6 Å². The zero-order chi connectivity index (χ0) is 20.1. The molecule has 0 heterocycles. The number of carbonyl (C=O) groups is 1. The van der Waals surface area contributed by atoms with Gasteiger partial charge < -0.3 is 9.84 Å². The molecule has 0 spiro atoms. The Hall–Kier alpha value is -0.570. The van der Waals surface area contributed by atoms with Gasteiger partial charge in [-0.15, -0.1) is 0 Å². The van der Waals surface area contributed by atoms with E-state index in [9.17, 15) is 4.79 Å². The fourth-order valence-electron chi connectivity index (χ4n) is 8.96. The third-order valence-corrected chi connectivity index (χ3v) is 10.5. The highest BCUT2D eigenvalue weighted by Crippen LogP contribution is 2.68. The lowest BCUT2D eigenvalue weighted by molar-refractivity contribution is -0.138. The van der Waals surface area contributed by atoms with Gasteiger partial charge in [-0.05, 0) is 111 Å². The fourth-order valence-corrected chi connectivity index (χ4v) is 8.96. The minimum Gasteiger partial charge on any atom is -0.481 e. The van der Waals surface area contributed by atoms with Crippen LogP contribution in [0.4, 0.5) is 0 Å². The first-order chi connectivity index (χ1) is 13.3. The topological polar surface area (TPSA) is 46.5 Å². The maximum absolute atomic E-state index is 11.1. The van der Waals surface area contributed by atoms with E-state index >= 15 is 0 Å². The molecule has 0 aromatic rings. The van der Waals surface area contributed by atoms with Crippen LogP contribution in [0, 0.1) is 46.3 Å². The monoisotopic (exact) mass is 390 g/mol. The van der Waals surface area contributed by atoms with Crippen LogP contribution in [0.3, 0.4) is 0 Å². The molecule has 4 rings (SSSR count). The van der Waals surface area contributed by atoms with Crippen LogP contribution in [0.25, 0.3) is 0 Å². The molecular weight excluding hydrogens is 348 g/mol. The van der Waals surface area contributed by atoms with Crippen LogP contribution in [0.15, 0.2) is 0 Å². The van der Waals surface area contributed by atoms with E-state index < -0.39 is 5.97 Å². The molecule has 9 atom stereocenters. The number of hydrogen-bond donors (Lipinski definition) is 1. The zero-order valence-electron chi connectivity index (χ0n) is 18.6. The van der Waals surface area contributed by atoms with E-state index in [1.165, 1.54) is 57.8 Å². The molecule has 4 saturated carbocycles. The standard InChI is InChI=1S/C25H42O3/c1-16(5-10-23(26)27)20-8-9-21-19-7-6-17-15-18(28-4)11-13-24(17,2)22(19)12-14-25(20,21)3/h16-22H,5-15H2,1-4H3,(H,26,27)/t16-,17?,18-,19?,20?,21?,22?,24+,25?/m1/s1.